The van der Waals surface area contributed by atoms with Gasteiger partial charge in [0.25, 0.3) is 11.3 Å². The van der Waals surface area contributed by atoms with E-state index in [0.717, 1.165) is 54.2 Å². The number of aromatic nitrogens is 4. The van der Waals surface area contributed by atoms with Crippen LogP contribution in [0, 0.1) is 6.92 Å². The minimum absolute atomic E-state index is 0.178. The van der Waals surface area contributed by atoms with Crippen molar-refractivity contribution in [1.29, 1.82) is 0 Å². The summed E-state index contributed by atoms with van der Waals surface area (Å²) in [5.74, 6) is 0. The molecule has 12 heteroatoms. The number of hydrogen-bond donors (Lipinski definition) is 0. The highest BCUT2D eigenvalue weighted by molar-refractivity contribution is 7.85. The predicted molar refractivity (Wildman–Crippen MR) is 205 cm³/mol. The van der Waals surface area contributed by atoms with Crippen molar-refractivity contribution < 1.29 is 21.8 Å². The third-order valence-corrected chi connectivity index (χ3v) is 10.2. The van der Waals surface area contributed by atoms with Gasteiger partial charge >= 0.3 is 0 Å². The Morgan fingerprint density at radius 2 is 1.02 bits per heavy atom. The van der Waals surface area contributed by atoms with Gasteiger partial charge in [-0.25, -0.2) is 26.4 Å². The van der Waals surface area contributed by atoms with Crippen molar-refractivity contribution in [2.75, 3.05) is 26.2 Å². The van der Waals surface area contributed by atoms with Gasteiger partial charge in [-0.05, 0) is 66.6 Å². The Hall–Kier alpha value is -6.11. The number of piperazine rings is 1. The number of benzene rings is 3. The zero-order valence-electron chi connectivity index (χ0n) is 29.9. The first kappa shape index (κ1) is 35.3. The fraction of sp³-hybridized carbons (Fsp3) is 0.171. The lowest BCUT2D eigenvalue weighted by Gasteiger charge is -2.31. The van der Waals surface area contributed by atoms with Gasteiger partial charge in [0.1, 0.15) is 22.5 Å². The summed E-state index contributed by atoms with van der Waals surface area (Å²) in [6, 6.07) is 35.4. The van der Waals surface area contributed by atoms with Gasteiger partial charge in [0.05, 0.1) is 70.0 Å². The average molecular weight is 726 g/mol. The molecule has 0 unspecified atom stereocenters. The van der Waals surface area contributed by atoms with Gasteiger partial charge in [0.2, 0.25) is 0 Å². The summed E-state index contributed by atoms with van der Waals surface area (Å²) in [5, 5.41) is 13.7. The Labute approximate surface area is 309 Å². The molecule has 1 aliphatic rings. The van der Waals surface area contributed by atoms with Crippen molar-refractivity contribution in [2.45, 2.75) is 11.8 Å². The summed E-state index contributed by atoms with van der Waals surface area (Å²) >= 11 is 0. The molecule has 0 atom stereocenters. The van der Waals surface area contributed by atoms with Crippen molar-refractivity contribution in [2.24, 2.45) is 24.3 Å². The molecule has 0 amide bonds. The fourth-order valence-corrected chi connectivity index (χ4v) is 6.77. The lowest BCUT2D eigenvalue weighted by atomic mass is 10.1. The second-order valence-electron chi connectivity index (χ2n) is 13.0. The minimum Gasteiger partial charge on any atom is -0.744 e. The number of aryl methyl sites for hydroxylation is 3. The zero-order valence-corrected chi connectivity index (χ0v) is 30.7. The molecule has 5 heterocycles. The molecule has 0 aliphatic carbocycles. The Bertz CT molecular complexity index is 2370. The molecule has 1 saturated heterocycles. The molecule has 0 radical (unpaired) electrons. The van der Waals surface area contributed by atoms with Gasteiger partial charge < -0.3 is 4.55 Å². The second-order valence-corrected chi connectivity index (χ2v) is 14.4. The third kappa shape index (κ3) is 8.19. The Morgan fingerprint density at radius 1 is 0.604 bits per heavy atom. The first-order chi connectivity index (χ1) is 25.6. The Balaban J connectivity index is 0.000000341. The molecule has 0 spiro atoms. The highest BCUT2D eigenvalue weighted by Gasteiger charge is 2.17. The molecular formula is C41H41N8O3S+. The quantitative estimate of drug-likeness (QED) is 0.130. The van der Waals surface area contributed by atoms with Crippen molar-refractivity contribution in [3.05, 3.63) is 151 Å². The monoisotopic (exact) mass is 725 g/mol. The standard InChI is InChI=1S/C34H34N8.C7H8O3S/c1-37-31(25-39-17-5-3-7-33(37)39)29-13-9-27(10-14-29)23-35-41-19-21-42(22-20-41)36-24-28-11-15-30(16-12-28)32-26-40-18-6-4-8-34(40)38(32)2;1-6-2-4-7(5-3-6)11(8,9)10/h3-18,23-26H,19-22H2,1-2H3;2-5H,1H3,(H,8,9,10)/q+2;/p-1/b35-23-,36-24+;. The summed E-state index contributed by atoms with van der Waals surface area (Å²) in [6.07, 6.45) is 12.4. The van der Waals surface area contributed by atoms with Gasteiger partial charge in [0.15, 0.2) is 11.4 Å². The maximum absolute atomic E-state index is 10.4. The van der Waals surface area contributed by atoms with E-state index in [0.29, 0.717) is 0 Å². The first-order valence-electron chi connectivity index (χ1n) is 17.4. The van der Waals surface area contributed by atoms with E-state index in [1.807, 2.05) is 31.5 Å². The van der Waals surface area contributed by atoms with Crippen LogP contribution in [0.5, 0.6) is 0 Å². The zero-order chi connectivity index (χ0) is 37.0. The number of hydrogen-bond acceptors (Lipinski definition) is 7. The molecule has 4 aromatic heterocycles. The van der Waals surface area contributed by atoms with Crippen LogP contribution < -0.4 is 8.80 Å². The van der Waals surface area contributed by atoms with E-state index < -0.39 is 10.1 Å². The molecule has 3 aromatic carbocycles. The summed E-state index contributed by atoms with van der Waals surface area (Å²) in [4.78, 5) is -0.178. The normalized spacial score (nSPS) is 13.7. The molecule has 1 fully saturated rings. The summed E-state index contributed by atoms with van der Waals surface area (Å²) in [6.45, 7) is 5.20. The van der Waals surface area contributed by atoms with Gasteiger partial charge in [0, 0.05) is 23.3 Å². The number of imidazole rings is 2. The number of hydrazone groups is 2. The number of nitrogens with zero attached hydrogens (tertiary/aromatic N) is 8. The number of fused-ring (bicyclic) bond motifs is 2. The largest absolute Gasteiger partial charge is 0.744 e. The molecule has 11 nitrogen and oxygen atoms in total. The molecule has 53 heavy (non-hydrogen) atoms. The van der Waals surface area contributed by atoms with Crippen molar-refractivity contribution in [1.82, 2.24) is 19.2 Å². The van der Waals surface area contributed by atoms with Crippen LogP contribution in [0.1, 0.15) is 16.7 Å². The van der Waals surface area contributed by atoms with Gasteiger partial charge in [-0.3, -0.25) is 10.0 Å². The number of pyridine rings is 2. The Kier molecular flexibility index (Phi) is 10.2. The molecule has 0 bridgehead atoms. The summed E-state index contributed by atoms with van der Waals surface area (Å²) in [5.41, 5.74) is 10.2. The maximum Gasteiger partial charge on any atom is 0.286 e. The molecule has 0 N–H and O–H groups in total. The molecule has 7 aromatic rings. The van der Waals surface area contributed by atoms with Crippen LogP contribution in [-0.4, -0.2) is 70.7 Å². The Morgan fingerprint density at radius 3 is 1.40 bits per heavy atom. The molecular weight excluding hydrogens is 685 g/mol. The van der Waals surface area contributed by atoms with Crippen LogP contribution >= 0.6 is 0 Å². The first-order valence-corrected chi connectivity index (χ1v) is 18.8. The van der Waals surface area contributed by atoms with Crippen LogP contribution in [0.2, 0.25) is 0 Å². The van der Waals surface area contributed by atoms with Crippen molar-refractivity contribution in [3.8, 4) is 22.5 Å². The lowest BCUT2D eigenvalue weighted by molar-refractivity contribution is -0.510. The van der Waals surface area contributed by atoms with Crippen LogP contribution in [0.3, 0.4) is 0 Å². The second kappa shape index (κ2) is 15.2. The molecule has 8 rings (SSSR count). The van der Waals surface area contributed by atoms with Crippen LogP contribution in [0.15, 0.2) is 149 Å². The van der Waals surface area contributed by atoms with E-state index in [1.54, 1.807) is 12.1 Å². The van der Waals surface area contributed by atoms with Crippen LogP contribution in [0.25, 0.3) is 33.8 Å². The van der Waals surface area contributed by atoms with Crippen LogP contribution in [-0.2, 0) is 24.2 Å². The summed E-state index contributed by atoms with van der Waals surface area (Å²) < 4.78 is 39.9. The van der Waals surface area contributed by atoms with E-state index in [1.165, 1.54) is 34.6 Å². The fourth-order valence-electron chi connectivity index (χ4n) is 6.30. The van der Waals surface area contributed by atoms with Gasteiger partial charge in [-0.2, -0.15) is 10.2 Å². The smallest absolute Gasteiger partial charge is 0.286 e. The van der Waals surface area contributed by atoms with Crippen molar-refractivity contribution in [3.63, 3.8) is 0 Å². The average Bonchev–Trinajstić information content (AvgIpc) is 3.70. The lowest BCUT2D eigenvalue weighted by Crippen LogP contribution is -2.41. The van der Waals surface area contributed by atoms with Crippen LogP contribution in [0.4, 0.5) is 0 Å². The predicted octanol–water partition coefficient (Wildman–Crippen LogP) is 5.06. The SMILES string of the molecule is Cc1ccc(S(=O)(=O)[O-])cc1.Cn1c(-c2ccc(/C=N\N3CCN(/N=C/c4ccc(-c5c[n+]6ccccc6n5C)cc4)CC3)cc2)c[n+]2ccccc12. The molecule has 0 saturated carbocycles. The minimum atomic E-state index is -4.27. The van der Waals surface area contributed by atoms with Gasteiger partial charge in [-0.15, -0.1) is 0 Å². The van der Waals surface area contributed by atoms with Crippen molar-refractivity contribution >= 4 is 33.8 Å². The highest BCUT2D eigenvalue weighted by Crippen LogP contribution is 2.21. The third-order valence-electron chi connectivity index (χ3n) is 9.36. The van der Waals surface area contributed by atoms with E-state index in [2.05, 4.69) is 140 Å². The molecule has 268 valence electrons. The van der Waals surface area contributed by atoms with Gasteiger partial charge in [-0.1, -0.05) is 54.1 Å². The topological polar surface area (TPSA) is 106 Å². The van der Waals surface area contributed by atoms with E-state index in [-0.39, 0.29) is 4.90 Å². The summed E-state index contributed by atoms with van der Waals surface area (Å²) in [7, 11) is -0.0631. The number of rotatable bonds is 7. The van der Waals surface area contributed by atoms with E-state index in [9.17, 15) is 13.0 Å². The van der Waals surface area contributed by atoms with E-state index in [4.69, 9.17) is 10.2 Å². The van der Waals surface area contributed by atoms with E-state index >= 15 is 0 Å². The highest BCUT2D eigenvalue weighted by atomic mass is 32.2. The molecule has 1 aliphatic heterocycles. The maximum atomic E-state index is 10.4.